The molecule has 0 radical (unpaired) electrons. The number of hydrogen-bond donors (Lipinski definition) is 2. The first kappa shape index (κ1) is 15.0. The molecule has 2 rings (SSSR count). The number of primary amides is 1. The average Bonchev–Trinajstić information content (AvgIpc) is 2.45. The van der Waals surface area contributed by atoms with Gasteiger partial charge < -0.3 is 11.1 Å². The minimum absolute atomic E-state index is 0.257. The summed E-state index contributed by atoms with van der Waals surface area (Å²) in [6.45, 7) is 1.80. The van der Waals surface area contributed by atoms with E-state index in [-0.39, 0.29) is 11.5 Å². The smallest absolute Gasteiger partial charge is 0.251 e. The fraction of sp³-hybridized carbons (Fsp3) is 0.133. The van der Waals surface area contributed by atoms with Crippen LogP contribution in [0.15, 0.2) is 30.5 Å². The van der Waals surface area contributed by atoms with E-state index in [9.17, 15) is 9.59 Å². The van der Waals surface area contributed by atoms with Crippen LogP contribution in [-0.2, 0) is 0 Å². The molecule has 0 bridgehead atoms. The van der Waals surface area contributed by atoms with E-state index in [1.165, 1.54) is 7.05 Å². The van der Waals surface area contributed by atoms with Crippen LogP contribution >= 0.6 is 11.6 Å². The normalized spacial score (nSPS) is 10.2. The van der Waals surface area contributed by atoms with Crippen LogP contribution in [0.2, 0.25) is 5.02 Å². The standard InChI is InChI=1S/C15H14ClN3O2/c1-8-6-9(16)7-11(15(21)18-2)12(8)13-10(14(17)20)4-3-5-19-13/h3-7H,1-2H3,(H2,17,20)(H,18,21). The molecule has 1 aromatic carbocycles. The van der Waals surface area contributed by atoms with Crippen LogP contribution in [-0.4, -0.2) is 23.8 Å². The first-order valence-electron chi connectivity index (χ1n) is 6.23. The molecule has 6 heteroatoms. The Kier molecular flexibility index (Phi) is 4.23. The van der Waals surface area contributed by atoms with Gasteiger partial charge in [0.2, 0.25) is 0 Å². The zero-order valence-electron chi connectivity index (χ0n) is 11.6. The average molecular weight is 304 g/mol. The number of hydrogen-bond acceptors (Lipinski definition) is 3. The molecule has 5 nitrogen and oxygen atoms in total. The SMILES string of the molecule is CNC(=O)c1cc(Cl)cc(C)c1-c1ncccc1C(N)=O. The lowest BCUT2D eigenvalue weighted by atomic mass is 9.95. The summed E-state index contributed by atoms with van der Waals surface area (Å²) in [4.78, 5) is 27.9. The summed E-state index contributed by atoms with van der Waals surface area (Å²) in [6, 6.07) is 6.45. The quantitative estimate of drug-likeness (QED) is 0.911. The lowest BCUT2D eigenvalue weighted by Gasteiger charge is -2.14. The van der Waals surface area contributed by atoms with Gasteiger partial charge in [-0.05, 0) is 36.8 Å². The Labute approximate surface area is 127 Å². The number of aryl methyl sites for hydroxylation is 1. The van der Waals surface area contributed by atoms with Crippen LogP contribution in [0, 0.1) is 6.92 Å². The van der Waals surface area contributed by atoms with Gasteiger partial charge in [-0.15, -0.1) is 0 Å². The molecule has 0 unspecified atom stereocenters. The number of nitrogens with zero attached hydrogens (tertiary/aromatic N) is 1. The number of nitrogens with two attached hydrogens (primary N) is 1. The summed E-state index contributed by atoms with van der Waals surface area (Å²) in [6.07, 6.45) is 1.55. The molecule has 0 fully saturated rings. The zero-order chi connectivity index (χ0) is 15.6. The van der Waals surface area contributed by atoms with Crippen molar-refractivity contribution in [2.45, 2.75) is 6.92 Å². The maximum atomic E-state index is 12.1. The van der Waals surface area contributed by atoms with E-state index in [2.05, 4.69) is 10.3 Å². The van der Waals surface area contributed by atoms with E-state index in [0.717, 1.165) is 5.56 Å². The fourth-order valence-corrected chi connectivity index (χ4v) is 2.45. The van der Waals surface area contributed by atoms with Gasteiger partial charge in [0.25, 0.3) is 11.8 Å². The largest absolute Gasteiger partial charge is 0.366 e. The molecule has 0 aliphatic rings. The van der Waals surface area contributed by atoms with Gasteiger partial charge in [-0.1, -0.05) is 11.6 Å². The molecule has 21 heavy (non-hydrogen) atoms. The number of carbonyl (C=O) groups excluding carboxylic acids is 2. The van der Waals surface area contributed by atoms with E-state index in [0.29, 0.717) is 21.8 Å². The first-order chi connectivity index (χ1) is 9.95. The molecule has 0 aliphatic carbocycles. The summed E-state index contributed by atoms with van der Waals surface area (Å²) >= 11 is 6.02. The van der Waals surface area contributed by atoms with Crippen molar-refractivity contribution in [1.82, 2.24) is 10.3 Å². The van der Waals surface area contributed by atoms with E-state index in [1.54, 1.807) is 37.4 Å². The number of aromatic nitrogens is 1. The topological polar surface area (TPSA) is 85.1 Å². The molecular formula is C15H14ClN3O2. The predicted molar refractivity (Wildman–Crippen MR) is 81.3 cm³/mol. The third kappa shape index (κ3) is 2.87. The summed E-state index contributed by atoms with van der Waals surface area (Å²) in [7, 11) is 1.52. The fourth-order valence-electron chi connectivity index (χ4n) is 2.17. The number of carbonyl (C=O) groups is 2. The molecule has 0 aliphatic heterocycles. The molecule has 2 amide bonds. The van der Waals surface area contributed by atoms with Crippen LogP contribution < -0.4 is 11.1 Å². The van der Waals surface area contributed by atoms with Crippen molar-refractivity contribution < 1.29 is 9.59 Å². The molecule has 0 saturated heterocycles. The van der Waals surface area contributed by atoms with Crippen molar-refractivity contribution in [3.8, 4) is 11.3 Å². The van der Waals surface area contributed by atoms with E-state index >= 15 is 0 Å². The maximum Gasteiger partial charge on any atom is 0.251 e. The number of nitrogens with one attached hydrogen (secondary N) is 1. The molecule has 0 atom stereocenters. The highest BCUT2D eigenvalue weighted by atomic mass is 35.5. The number of benzene rings is 1. The highest BCUT2D eigenvalue weighted by Gasteiger charge is 2.20. The third-order valence-electron chi connectivity index (χ3n) is 3.08. The third-order valence-corrected chi connectivity index (χ3v) is 3.30. The summed E-state index contributed by atoms with van der Waals surface area (Å²) in [5.74, 6) is -0.910. The summed E-state index contributed by atoms with van der Waals surface area (Å²) in [5, 5.41) is 2.99. The van der Waals surface area contributed by atoms with Gasteiger partial charge >= 0.3 is 0 Å². The Morgan fingerprint density at radius 1 is 1.29 bits per heavy atom. The zero-order valence-corrected chi connectivity index (χ0v) is 12.4. The maximum absolute atomic E-state index is 12.1. The molecule has 0 spiro atoms. The minimum Gasteiger partial charge on any atom is -0.366 e. The summed E-state index contributed by atoms with van der Waals surface area (Å²) in [5.41, 5.74) is 7.65. The van der Waals surface area contributed by atoms with Crippen molar-refractivity contribution in [2.24, 2.45) is 5.73 Å². The van der Waals surface area contributed by atoms with Crippen molar-refractivity contribution in [3.63, 3.8) is 0 Å². The van der Waals surface area contributed by atoms with E-state index in [1.807, 2.05) is 0 Å². The van der Waals surface area contributed by atoms with Crippen LogP contribution in [0.5, 0.6) is 0 Å². The Bertz CT molecular complexity index is 729. The van der Waals surface area contributed by atoms with Gasteiger partial charge in [-0.3, -0.25) is 14.6 Å². The lowest BCUT2D eigenvalue weighted by Crippen LogP contribution is -2.20. The minimum atomic E-state index is -0.602. The second-order valence-electron chi connectivity index (χ2n) is 4.49. The van der Waals surface area contributed by atoms with Gasteiger partial charge in [-0.25, -0.2) is 0 Å². The summed E-state index contributed by atoms with van der Waals surface area (Å²) < 4.78 is 0. The molecular weight excluding hydrogens is 290 g/mol. The van der Waals surface area contributed by atoms with Gasteiger partial charge in [-0.2, -0.15) is 0 Å². The van der Waals surface area contributed by atoms with Crippen LogP contribution in [0.4, 0.5) is 0 Å². The van der Waals surface area contributed by atoms with Gasteiger partial charge in [0.15, 0.2) is 0 Å². The van der Waals surface area contributed by atoms with Crippen molar-refractivity contribution in [3.05, 3.63) is 52.2 Å². The molecule has 1 aromatic heterocycles. The second-order valence-corrected chi connectivity index (χ2v) is 4.92. The highest BCUT2D eigenvalue weighted by molar-refractivity contribution is 6.31. The van der Waals surface area contributed by atoms with Crippen LogP contribution in [0.1, 0.15) is 26.3 Å². The molecule has 0 saturated carbocycles. The Hall–Kier alpha value is -2.40. The second kappa shape index (κ2) is 5.93. The first-order valence-corrected chi connectivity index (χ1v) is 6.61. The molecule has 2 aromatic rings. The van der Waals surface area contributed by atoms with Gasteiger partial charge in [0.1, 0.15) is 0 Å². The Balaban J connectivity index is 2.81. The van der Waals surface area contributed by atoms with E-state index < -0.39 is 5.91 Å². The number of amides is 2. The number of halogens is 1. The van der Waals surface area contributed by atoms with Crippen LogP contribution in [0.25, 0.3) is 11.3 Å². The highest BCUT2D eigenvalue weighted by Crippen LogP contribution is 2.31. The number of pyridine rings is 1. The van der Waals surface area contributed by atoms with E-state index in [4.69, 9.17) is 17.3 Å². The molecule has 1 heterocycles. The van der Waals surface area contributed by atoms with Crippen molar-refractivity contribution in [2.75, 3.05) is 7.05 Å². The number of rotatable bonds is 3. The van der Waals surface area contributed by atoms with Gasteiger partial charge in [0, 0.05) is 23.8 Å². The van der Waals surface area contributed by atoms with Crippen molar-refractivity contribution in [1.29, 1.82) is 0 Å². The molecule has 3 N–H and O–H groups in total. The lowest BCUT2D eigenvalue weighted by molar-refractivity contribution is 0.0961. The van der Waals surface area contributed by atoms with Gasteiger partial charge in [0.05, 0.1) is 16.8 Å². The Morgan fingerprint density at radius 2 is 2.00 bits per heavy atom. The predicted octanol–water partition coefficient (Wildman–Crippen LogP) is 2.17. The van der Waals surface area contributed by atoms with Crippen molar-refractivity contribution >= 4 is 23.4 Å². The monoisotopic (exact) mass is 303 g/mol. The molecule has 108 valence electrons. The van der Waals surface area contributed by atoms with Crippen LogP contribution in [0.3, 0.4) is 0 Å². The Morgan fingerprint density at radius 3 is 2.62 bits per heavy atom.